The average Bonchev–Trinajstić information content (AvgIpc) is 4.02. The summed E-state index contributed by atoms with van der Waals surface area (Å²) in [5, 5.41) is 18.9. The van der Waals surface area contributed by atoms with Crippen molar-refractivity contribution in [3.05, 3.63) is 168 Å². The molecule has 0 radical (unpaired) electrons. The van der Waals surface area contributed by atoms with E-state index in [9.17, 15) is 9.65 Å². The van der Waals surface area contributed by atoms with Gasteiger partial charge in [0.2, 0.25) is 5.82 Å². The lowest BCUT2D eigenvalue weighted by Crippen LogP contribution is -2.08. The number of nitriles is 1. The van der Waals surface area contributed by atoms with Gasteiger partial charge >= 0.3 is 0 Å². The third-order valence-corrected chi connectivity index (χ3v) is 13.9. The van der Waals surface area contributed by atoms with Gasteiger partial charge in [-0.15, -0.1) is 22.7 Å². The van der Waals surface area contributed by atoms with Gasteiger partial charge in [0.05, 0.1) is 48.4 Å². The number of halogens is 5. The molecule has 0 N–H and O–H groups in total. The van der Waals surface area contributed by atoms with Crippen LogP contribution in [0.2, 0.25) is 0 Å². The van der Waals surface area contributed by atoms with Crippen LogP contribution in [0.4, 0.5) is 22.0 Å². The van der Waals surface area contributed by atoms with Gasteiger partial charge in [-0.2, -0.15) is 5.26 Å². The maximum absolute atomic E-state index is 16.1. The van der Waals surface area contributed by atoms with E-state index in [2.05, 4.69) is 18.2 Å². The monoisotopic (exact) mass is 811 g/mol. The van der Waals surface area contributed by atoms with Crippen LogP contribution in [-0.2, 0) is 0 Å². The maximum Gasteiger partial charge on any atom is 0.200 e. The van der Waals surface area contributed by atoms with Crippen LogP contribution < -0.4 is 0 Å². The van der Waals surface area contributed by atoms with Crippen LogP contribution in [0.5, 0.6) is 0 Å². The number of thiophene rings is 2. The second kappa shape index (κ2) is 12.2. The molecule has 59 heavy (non-hydrogen) atoms. The highest BCUT2D eigenvalue weighted by molar-refractivity contribution is 7.27. The standard InChI is InChI=1S/C49H22F5N3S2/c50-41-40(42(51)44(53)45(54)43(41)52)24-21-36(56-34-13-5-1-9-25(34)29-17-19-31-27-11-3-7-15-38(27)58-48(31)46(29)56)33(23-55)37(22-24)57-35-14-6-2-10-26(35)30-18-20-32-28-12-4-8-16-39(28)59-49(32)47(30)57/h1-22H. The number of fused-ring (bicyclic) bond motifs is 14. The summed E-state index contributed by atoms with van der Waals surface area (Å²) in [6.45, 7) is 0. The highest BCUT2D eigenvalue weighted by atomic mass is 32.1. The van der Waals surface area contributed by atoms with Crippen molar-refractivity contribution in [2.45, 2.75) is 0 Å². The smallest absolute Gasteiger partial charge is 0.200 e. The first-order valence-corrected chi connectivity index (χ1v) is 20.2. The number of para-hydroxylation sites is 2. The molecule has 0 saturated heterocycles. The Labute approximate surface area is 338 Å². The first kappa shape index (κ1) is 34.0. The Kier molecular flexibility index (Phi) is 7.05. The van der Waals surface area contributed by atoms with Crippen molar-refractivity contribution in [3.63, 3.8) is 0 Å². The molecule has 4 aromatic heterocycles. The minimum Gasteiger partial charge on any atom is -0.306 e. The summed E-state index contributed by atoms with van der Waals surface area (Å²) >= 11 is 3.16. The van der Waals surface area contributed by atoms with E-state index in [4.69, 9.17) is 0 Å². The zero-order valence-electron chi connectivity index (χ0n) is 30.2. The molecule has 0 saturated carbocycles. The third-order valence-electron chi connectivity index (χ3n) is 11.5. The zero-order valence-corrected chi connectivity index (χ0v) is 31.9. The Morgan fingerprint density at radius 1 is 0.424 bits per heavy atom. The molecule has 0 spiro atoms. The molecule has 0 unspecified atom stereocenters. The van der Waals surface area contributed by atoms with E-state index >= 15 is 17.6 Å². The van der Waals surface area contributed by atoms with E-state index in [-0.39, 0.29) is 22.5 Å². The molecular weight excluding hydrogens is 790 g/mol. The molecule has 10 heteroatoms. The van der Waals surface area contributed by atoms with Gasteiger partial charge in [-0.25, -0.2) is 22.0 Å². The minimum atomic E-state index is -2.25. The lowest BCUT2D eigenvalue weighted by Gasteiger charge is -2.19. The summed E-state index contributed by atoms with van der Waals surface area (Å²) in [7, 11) is 0. The molecular formula is C49H22F5N3S2. The molecule has 0 aliphatic heterocycles. The number of hydrogen-bond acceptors (Lipinski definition) is 3. The van der Waals surface area contributed by atoms with E-state index in [0.29, 0.717) is 11.0 Å². The largest absolute Gasteiger partial charge is 0.306 e. The topological polar surface area (TPSA) is 33.6 Å². The zero-order chi connectivity index (χ0) is 39.8. The highest BCUT2D eigenvalue weighted by Gasteiger charge is 2.30. The molecule has 8 aromatic carbocycles. The van der Waals surface area contributed by atoms with Gasteiger partial charge in [-0.05, 0) is 42.0 Å². The van der Waals surface area contributed by atoms with Gasteiger partial charge in [0.15, 0.2) is 23.3 Å². The van der Waals surface area contributed by atoms with Gasteiger partial charge in [-0.1, -0.05) is 97.1 Å². The number of benzene rings is 8. The van der Waals surface area contributed by atoms with Crippen molar-refractivity contribution in [1.29, 1.82) is 5.26 Å². The van der Waals surface area contributed by atoms with Crippen LogP contribution in [0, 0.1) is 40.4 Å². The molecule has 3 nitrogen and oxygen atoms in total. The van der Waals surface area contributed by atoms with Gasteiger partial charge in [-0.3, -0.25) is 0 Å². The number of nitrogens with zero attached hydrogens (tertiary/aromatic N) is 3. The van der Waals surface area contributed by atoms with Crippen LogP contribution in [0.3, 0.4) is 0 Å². The first-order chi connectivity index (χ1) is 28.8. The molecule has 280 valence electrons. The molecule has 0 amide bonds. The Hall–Kier alpha value is -7.06. The molecule has 0 aliphatic rings. The van der Waals surface area contributed by atoms with E-state index in [1.54, 1.807) is 22.7 Å². The summed E-state index contributed by atoms with van der Waals surface area (Å²) in [6.07, 6.45) is 0. The second-order valence-corrected chi connectivity index (χ2v) is 16.6. The third kappa shape index (κ3) is 4.48. The van der Waals surface area contributed by atoms with Crippen molar-refractivity contribution in [3.8, 4) is 28.6 Å². The summed E-state index contributed by atoms with van der Waals surface area (Å²) in [4.78, 5) is 0. The van der Waals surface area contributed by atoms with Crippen molar-refractivity contribution in [2.24, 2.45) is 0 Å². The van der Waals surface area contributed by atoms with Crippen LogP contribution in [-0.4, -0.2) is 9.13 Å². The highest BCUT2D eigenvalue weighted by Crippen LogP contribution is 2.47. The predicted molar refractivity (Wildman–Crippen MR) is 231 cm³/mol. The van der Waals surface area contributed by atoms with Gasteiger partial charge < -0.3 is 9.13 Å². The summed E-state index contributed by atoms with van der Waals surface area (Å²) in [6, 6.07) is 44.8. The molecule has 12 aromatic rings. The van der Waals surface area contributed by atoms with Crippen molar-refractivity contribution < 1.29 is 22.0 Å². The fraction of sp³-hybridized carbons (Fsp3) is 0. The predicted octanol–water partition coefficient (Wildman–Crippen LogP) is 14.9. The summed E-state index contributed by atoms with van der Waals surface area (Å²) in [5.74, 6) is -10.3. The van der Waals surface area contributed by atoms with Crippen LogP contribution in [0.1, 0.15) is 5.56 Å². The van der Waals surface area contributed by atoms with E-state index in [1.165, 1.54) is 12.1 Å². The lowest BCUT2D eigenvalue weighted by atomic mass is 9.98. The fourth-order valence-corrected chi connectivity index (χ4v) is 11.5. The van der Waals surface area contributed by atoms with Crippen LogP contribution in [0.15, 0.2) is 133 Å². The van der Waals surface area contributed by atoms with Crippen LogP contribution >= 0.6 is 22.7 Å². The molecule has 0 aliphatic carbocycles. The molecule has 0 fully saturated rings. The van der Waals surface area contributed by atoms with Gasteiger partial charge in [0, 0.05) is 52.5 Å². The second-order valence-electron chi connectivity index (χ2n) is 14.5. The minimum absolute atomic E-state index is 0.138. The van der Waals surface area contributed by atoms with Crippen molar-refractivity contribution >= 4 is 107 Å². The van der Waals surface area contributed by atoms with Gasteiger partial charge in [0.1, 0.15) is 11.6 Å². The number of rotatable bonds is 3. The Balaban J connectivity index is 1.32. The first-order valence-electron chi connectivity index (χ1n) is 18.6. The fourth-order valence-electron chi connectivity index (χ4n) is 9.04. The quantitative estimate of drug-likeness (QED) is 0.0994. The lowest BCUT2D eigenvalue weighted by molar-refractivity contribution is 0.381. The number of hydrogen-bond donors (Lipinski definition) is 0. The average molecular weight is 812 g/mol. The molecule has 0 bridgehead atoms. The molecule has 4 heterocycles. The Bertz CT molecular complexity index is 3640. The summed E-state index contributed by atoms with van der Waals surface area (Å²) < 4.78 is 84.8. The van der Waals surface area contributed by atoms with Crippen molar-refractivity contribution in [1.82, 2.24) is 9.13 Å². The molecule has 12 rings (SSSR count). The maximum atomic E-state index is 16.1. The molecule has 0 atom stereocenters. The van der Waals surface area contributed by atoms with E-state index in [0.717, 1.165) is 72.9 Å². The Morgan fingerprint density at radius 2 is 0.814 bits per heavy atom. The van der Waals surface area contributed by atoms with E-state index in [1.807, 2.05) is 118 Å². The Morgan fingerprint density at radius 3 is 1.27 bits per heavy atom. The SMILES string of the molecule is N#Cc1c(-n2c3ccccc3c3ccc4c5ccccc5sc4c32)cc(-c2c(F)c(F)c(F)c(F)c2F)cc1-n1c2ccccc2c2ccc3c4ccccc4sc3c21. The normalized spacial score (nSPS) is 12.1. The van der Waals surface area contributed by atoms with Crippen molar-refractivity contribution in [2.75, 3.05) is 0 Å². The number of aromatic nitrogens is 2. The van der Waals surface area contributed by atoms with Gasteiger partial charge in [0.25, 0.3) is 0 Å². The van der Waals surface area contributed by atoms with Crippen LogP contribution in [0.25, 0.3) is 106 Å². The van der Waals surface area contributed by atoms with E-state index < -0.39 is 34.6 Å². The summed E-state index contributed by atoms with van der Waals surface area (Å²) in [5.41, 5.74) is 2.08.